The second-order valence-electron chi connectivity index (χ2n) is 4.06. The van der Waals surface area contributed by atoms with E-state index in [-0.39, 0.29) is 0 Å². The van der Waals surface area contributed by atoms with Gasteiger partial charge in [0.1, 0.15) is 17.1 Å². The minimum absolute atomic E-state index is 0.472. The molecule has 2 aromatic rings. The average molecular weight is 325 g/mol. The van der Waals surface area contributed by atoms with E-state index in [9.17, 15) is 30.7 Å². The van der Waals surface area contributed by atoms with Crippen molar-refractivity contribution in [2.75, 3.05) is 0 Å². The van der Waals surface area contributed by atoms with E-state index in [2.05, 4.69) is 9.72 Å². The molecule has 1 heterocycles. The van der Waals surface area contributed by atoms with Crippen molar-refractivity contribution >= 4 is 0 Å². The number of hydrogen-bond donors (Lipinski definition) is 0. The van der Waals surface area contributed by atoms with E-state index in [1.165, 1.54) is 6.07 Å². The third kappa shape index (κ3) is 3.46. The molecule has 1 aromatic carbocycles. The highest BCUT2D eigenvalue weighted by Crippen LogP contribution is 2.41. The highest BCUT2D eigenvalue weighted by molar-refractivity contribution is 5.70. The predicted molar refractivity (Wildman–Crippen MR) is 61.3 cm³/mol. The first-order valence-electron chi connectivity index (χ1n) is 5.66. The van der Waals surface area contributed by atoms with Gasteiger partial charge in [0.2, 0.25) is 0 Å². The first kappa shape index (κ1) is 16.1. The number of nitrogens with zero attached hydrogens (tertiary/aromatic N) is 1. The molecule has 0 N–H and O–H groups in total. The molecule has 2 rings (SSSR count). The number of pyridine rings is 1. The fourth-order valence-corrected chi connectivity index (χ4v) is 1.79. The summed E-state index contributed by atoms with van der Waals surface area (Å²) in [6.07, 6.45) is -9.51. The van der Waals surface area contributed by atoms with E-state index in [1.54, 1.807) is 0 Å². The van der Waals surface area contributed by atoms with Crippen LogP contribution in [0, 0.1) is 5.82 Å². The van der Waals surface area contributed by atoms with Gasteiger partial charge in [-0.3, -0.25) is 4.98 Å². The molecule has 9 heteroatoms. The SMILES string of the molecule is Fc1ccnc(-c2ccccc2OC(F)(F)F)c1C(F)(F)F. The van der Waals surface area contributed by atoms with E-state index in [1.807, 2.05) is 0 Å². The molecule has 0 unspecified atom stereocenters. The number of aromatic nitrogens is 1. The van der Waals surface area contributed by atoms with Crippen molar-refractivity contribution < 1.29 is 35.5 Å². The standard InChI is InChI=1S/C13H6F7NO/c14-8-5-6-21-11(10(8)12(15,16)17)7-3-1-2-4-9(7)22-13(18,19)20/h1-6H. The molecule has 0 saturated heterocycles. The molecule has 0 aliphatic rings. The monoisotopic (exact) mass is 325 g/mol. The molecule has 22 heavy (non-hydrogen) atoms. The lowest BCUT2D eigenvalue weighted by atomic mass is 10.0. The van der Waals surface area contributed by atoms with Crippen LogP contribution < -0.4 is 4.74 Å². The Morgan fingerprint density at radius 2 is 1.55 bits per heavy atom. The number of hydrogen-bond acceptors (Lipinski definition) is 2. The summed E-state index contributed by atoms with van der Waals surface area (Å²) in [4.78, 5) is 3.36. The summed E-state index contributed by atoms with van der Waals surface area (Å²) in [7, 11) is 0. The van der Waals surface area contributed by atoms with Crippen LogP contribution in [-0.4, -0.2) is 11.3 Å². The van der Waals surface area contributed by atoms with Crippen molar-refractivity contribution in [1.82, 2.24) is 4.98 Å². The van der Waals surface area contributed by atoms with Gasteiger partial charge >= 0.3 is 12.5 Å². The van der Waals surface area contributed by atoms with Crippen LogP contribution in [0.1, 0.15) is 5.56 Å². The third-order valence-corrected chi connectivity index (χ3v) is 2.55. The molecule has 0 radical (unpaired) electrons. The van der Waals surface area contributed by atoms with Gasteiger partial charge in [-0.1, -0.05) is 12.1 Å². The lowest BCUT2D eigenvalue weighted by Crippen LogP contribution is -2.18. The Morgan fingerprint density at radius 3 is 2.14 bits per heavy atom. The molecule has 0 bridgehead atoms. The maximum Gasteiger partial charge on any atom is 0.573 e. The first-order chi connectivity index (χ1) is 10.1. The van der Waals surface area contributed by atoms with E-state index >= 15 is 0 Å². The van der Waals surface area contributed by atoms with Gasteiger partial charge < -0.3 is 4.74 Å². The highest BCUT2D eigenvalue weighted by atomic mass is 19.4. The van der Waals surface area contributed by atoms with Crippen molar-refractivity contribution in [1.29, 1.82) is 0 Å². The number of rotatable bonds is 2. The van der Waals surface area contributed by atoms with Gasteiger partial charge in [-0.2, -0.15) is 13.2 Å². The normalized spacial score (nSPS) is 12.3. The zero-order chi connectivity index (χ0) is 16.5. The molecule has 0 fully saturated rings. The summed E-state index contributed by atoms with van der Waals surface area (Å²) in [6.45, 7) is 0. The Hall–Kier alpha value is -2.32. The maximum absolute atomic E-state index is 13.5. The fraction of sp³-hybridized carbons (Fsp3) is 0.154. The third-order valence-electron chi connectivity index (χ3n) is 2.55. The largest absolute Gasteiger partial charge is 0.573 e. The lowest BCUT2D eigenvalue weighted by Gasteiger charge is -2.16. The molecular weight excluding hydrogens is 319 g/mol. The van der Waals surface area contributed by atoms with Crippen LogP contribution in [0.4, 0.5) is 30.7 Å². The van der Waals surface area contributed by atoms with Gasteiger partial charge in [0, 0.05) is 11.8 Å². The van der Waals surface area contributed by atoms with Crippen LogP contribution in [0.2, 0.25) is 0 Å². The zero-order valence-corrected chi connectivity index (χ0v) is 10.5. The van der Waals surface area contributed by atoms with E-state index < -0.39 is 40.9 Å². The number of halogens is 7. The number of benzene rings is 1. The lowest BCUT2D eigenvalue weighted by molar-refractivity contribution is -0.274. The fourth-order valence-electron chi connectivity index (χ4n) is 1.79. The Kier molecular flexibility index (Phi) is 3.99. The van der Waals surface area contributed by atoms with Crippen molar-refractivity contribution in [3.05, 3.63) is 47.9 Å². The summed E-state index contributed by atoms with van der Waals surface area (Å²) < 4.78 is 92.8. The van der Waals surface area contributed by atoms with Gasteiger partial charge in [-0.15, -0.1) is 13.2 Å². The summed E-state index contributed by atoms with van der Waals surface area (Å²) >= 11 is 0. The molecule has 0 aliphatic heterocycles. The zero-order valence-electron chi connectivity index (χ0n) is 10.5. The second-order valence-corrected chi connectivity index (χ2v) is 4.06. The quantitative estimate of drug-likeness (QED) is 0.740. The minimum Gasteiger partial charge on any atom is -0.405 e. The van der Waals surface area contributed by atoms with Gasteiger partial charge in [0.25, 0.3) is 0 Å². The van der Waals surface area contributed by atoms with Crippen molar-refractivity contribution in [3.8, 4) is 17.0 Å². The molecule has 0 spiro atoms. The van der Waals surface area contributed by atoms with Crippen LogP contribution in [0.25, 0.3) is 11.3 Å². The summed E-state index contributed by atoms with van der Waals surface area (Å²) in [5.74, 6) is -2.54. The van der Waals surface area contributed by atoms with Crippen molar-refractivity contribution in [2.45, 2.75) is 12.5 Å². The molecule has 1 aromatic heterocycles. The van der Waals surface area contributed by atoms with E-state index in [0.29, 0.717) is 6.07 Å². The minimum atomic E-state index is -5.13. The molecular formula is C13H6F7NO. The molecule has 2 nitrogen and oxygen atoms in total. The molecule has 0 amide bonds. The predicted octanol–water partition coefficient (Wildman–Crippen LogP) is 4.81. The topological polar surface area (TPSA) is 22.1 Å². The van der Waals surface area contributed by atoms with Crippen LogP contribution in [0.3, 0.4) is 0 Å². The molecule has 0 saturated carbocycles. The van der Waals surface area contributed by atoms with Gasteiger partial charge in [-0.05, 0) is 18.2 Å². The van der Waals surface area contributed by atoms with Crippen LogP contribution in [0.15, 0.2) is 36.5 Å². The Morgan fingerprint density at radius 1 is 0.909 bits per heavy atom. The summed E-state index contributed by atoms with van der Waals surface area (Å²) in [5.41, 5.74) is -3.35. The van der Waals surface area contributed by atoms with Crippen molar-refractivity contribution in [3.63, 3.8) is 0 Å². The van der Waals surface area contributed by atoms with Gasteiger partial charge in [0.05, 0.1) is 5.69 Å². The smallest absolute Gasteiger partial charge is 0.405 e. The number of para-hydroxylation sites is 1. The Bertz CT molecular complexity index is 679. The van der Waals surface area contributed by atoms with E-state index in [0.717, 1.165) is 24.4 Å². The van der Waals surface area contributed by atoms with Crippen LogP contribution >= 0.6 is 0 Å². The Labute approximate surface area is 119 Å². The molecule has 118 valence electrons. The number of ether oxygens (including phenoxy) is 1. The van der Waals surface area contributed by atoms with Crippen molar-refractivity contribution in [2.24, 2.45) is 0 Å². The average Bonchev–Trinajstić information content (AvgIpc) is 2.35. The van der Waals surface area contributed by atoms with Crippen LogP contribution in [-0.2, 0) is 6.18 Å². The maximum atomic E-state index is 13.5. The molecule has 0 atom stereocenters. The van der Waals surface area contributed by atoms with Crippen LogP contribution in [0.5, 0.6) is 5.75 Å². The summed E-state index contributed by atoms with van der Waals surface area (Å²) in [6, 6.07) is 4.54. The van der Waals surface area contributed by atoms with E-state index in [4.69, 9.17) is 0 Å². The van der Waals surface area contributed by atoms with Gasteiger partial charge in [0.15, 0.2) is 0 Å². The summed E-state index contributed by atoms with van der Waals surface area (Å²) in [5, 5.41) is 0. The number of alkyl halides is 6. The Balaban J connectivity index is 2.66. The first-order valence-corrected chi connectivity index (χ1v) is 5.66. The molecule has 0 aliphatic carbocycles. The van der Waals surface area contributed by atoms with Gasteiger partial charge in [-0.25, -0.2) is 4.39 Å². The second kappa shape index (κ2) is 5.47. The highest BCUT2D eigenvalue weighted by Gasteiger charge is 2.39.